The lowest BCUT2D eigenvalue weighted by molar-refractivity contribution is -0.119. The van der Waals surface area contributed by atoms with Crippen LogP contribution in [-0.2, 0) is 4.79 Å². The van der Waals surface area contributed by atoms with Gasteiger partial charge in [-0.05, 0) is 19.1 Å². The first kappa shape index (κ1) is 13.6. The van der Waals surface area contributed by atoms with E-state index in [0.717, 1.165) is 4.90 Å². The molecule has 0 saturated heterocycles. The molecule has 0 atom stereocenters. The molecule has 0 spiro atoms. The van der Waals surface area contributed by atoms with E-state index in [1.165, 1.54) is 12.6 Å². The summed E-state index contributed by atoms with van der Waals surface area (Å²) in [6.07, 6.45) is 0.325. The Balaban J connectivity index is 2.26. The maximum absolute atomic E-state index is 11.3. The lowest BCUT2D eigenvalue weighted by atomic mass is 10.2. The van der Waals surface area contributed by atoms with E-state index in [2.05, 4.69) is 10.6 Å². The molecule has 0 aliphatic rings. The van der Waals surface area contributed by atoms with Gasteiger partial charge in [-0.15, -0.1) is 11.8 Å². The van der Waals surface area contributed by atoms with Crippen LogP contribution in [0.2, 0.25) is 0 Å². The molecule has 5 heteroatoms. The van der Waals surface area contributed by atoms with Crippen molar-refractivity contribution in [2.45, 2.75) is 18.2 Å². The van der Waals surface area contributed by atoms with Gasteiger partial charge in [-0.2, -0.15) is 0 Å². The van der Waals surface area contributed by atoms with Crippen LogP contribution in [0.15, 0.2) is 29.2 Å². The van der Waals surface area contributed by atoms with Crippen molar-refractivity contribution < 1.29 is 9.59 Å². The van der Waals surface area contributed by atoms with Crippen LogP contribution in [0, 0.1) is 6.92 Å². The van der Waals surface area contributed by atoms with E-state index in [1.54, 1.807) is 11.8 Å². The van der Waals surface area contributed by atoms with Gasteiger partial charge in [0.05, 0.1) is 0 Å². The Labute approximate surface area is 105 Å². The molecule has 4 nitrogen and oxygen atoms in total. The third-order valence-corrected chi connectivity index (χ3v) is 3.11. The Kier molecular flexibility index (Phi) is 5.56. The maximum atomic E-state index is 11.3. The molecule has 0 saturated carbocycles. The molecular formula is C12H16N2O2S. The van der Waals surface area contributed by atoms with Crippen molar-refractivity contribution in [1.29, 1.82) is 0 Å². The highest BCUT2D eigenvalue weighted by molar-refractivity contribution is 7.99. The zero-order valence-electron chi connectivity index (χ0n) is 9.95. The number of hydrogen-bond donors (Lipinski definition) is 2. The SMILES string of the molecule is CNC(=O)NC(=O)CCSc1ccc(C)cc1. The van der Waals surface area contributed by atoms with Gasteiger partial charge in [0, 0.05) is 24.1 Å². The van der Waals surface area contributed by atoms with Gasteiger partial charge in [-0.3, -0.25) is 10.1 Å². The summed E-state index contributed by atoms with van der Waals surface area (Å²) in [6, 6.07) is 7.66. The van der Waals surface area contributed by atoms with E-state index in [0.29, 0.717) is 12.2 Å². The molecule has 0 heterocycles. The average molecular weight is 252 g/mol. The zero-order valence-corrected chi connectivity index (χ0v) is 10.8. The van der Waals surface area contributed by atoms with Crippen molar-refractivity contribution in [2.75, 3.05) is 12.8 Å². The van der Waals surface area contributed by atoms with Crippen molar-refractivity contribution in [1.82, 2.24) is 10.6 Å². The summed E-state index contributed by atoms with van der Waals surface area (Å²) in [7, 11) is 1.48. The van der Waals surface area contributed by atoms with Crippen LogP contribution >= 0.6 is 11.8 Å². The van der Waals surface area contributed by atoms with Crippen molar-refractivity contribution >= 4 is 23.7 Å². The number of thioether (sulfide) groups is 1. The van der Waals surface area contributed by atoms with Gasteiger partial charge >= 0.3 is 6.03 Å². The van der Waals surface area contributed by atoms with Gasteiger partial charge in [-0.25, -0.2) is 4.79 Å². The number of aryl methyl sites for hydroxylation is 1. The Morgan fingerprint density at radius 2 is 1.88 bits per heavy atom. The van der Waals surface area contributed by atoms with Gasteiger partial charge < -0.3 is 5.32 Å². The van der Waals surface area contributed by atoms with E-state index in [4.69, 9.17) is 0 Å². The molecule has 0 fully saturated rings. The van der Waals surface area contributed by atoms with Gasteiger partial charge in [0.25, 0.3) is 0 Å². The Morgan fingerprint density at radius 3 is 2.47 bits per heavy atom. The first-order valence-corrected chi connectivity index (χ1v) is 6.31. The topological polar surface area (TPSA) is 58.2 Å². The van der Waals surface area contributed by atoms with Gasteiger partial charge in [0.15, 0.2) is 0 Å². The number of carbonyl (C=O) groups excluding carboxylic acids is 2. The molecule has 1 aromatic carbocycles. The number of urea groups is 1. The highest BCUT2D eigenvalue weighted by Crippen LogP contribution is 2.18. The minimum absolute atomic E-state index is 0.260. The van der Waals surface area contributed by atoms with Crippen LogP contribution in [0.5, 0.6) is 0 Å². The van der Waals surface area contributed by atoms with Crippen molar-refractivity contribution in [3.63, 3.8) is 0 Å². The van der Waals surface area contributed by atoms with E-state index in [-0.39, 0.29) is 5.91 Å². The largest absolute Gasteiger partial charge is 0.341 e. The third kappa shape index (κ3) is 5.40. The molecule has 3 amide bonds. The second-order valence-electron chi connectivity index (χ2n) is 3.54. The Hall–Kier alpha value is -1.49. The summed E-state index contributed by atoms with van der Waals surface area (Å²) < 4.78 is 0. The van der Waals surface area contributed by atoms with E-state index < -0.39 is 6.03 Å². The third-order valence-electron chi connectivity index (χ3n) is 2.10. The smallest absolute Gasteiger partial charge is 0.321 e. The fourth-order valence-corrected chi connectivity index (χ4v) is 2.00. The van der Waals surface area contributed by atoms with Crippen molar-refractivity contribution in [3.05, 3.63) is 29.8 Å². The number of carbonyl (C=O) groups is 2. The second kappa shape index (κ2) is 6.96. The lowest BCUT2D eigenvalue weighted by Crippen LogP contribution is -2.37. The number of rotatable bonds is 4. The first-order chi connectivity index (χ1) is 8.11. The molecule has 2 N–H and O–H groups in total. The predicted molar refractivity (Wildman–Crippen MR) is 69.1 cm³/mol. The van der Waals surface area contributed by atoms with Gasteiger partial charge in [0.1, 0.15) is 0 Å². The summed E-state index contributed by atoms with van der Waals surface area (Å²) in [5.41, 5.74) is 1.21. The first-order valence-electron chi connectivity index (χ1n) is 5.33. The lowest BCUT2D eigenvalue weighted by Gasteiger charge is -2.03. The molecule has 0 aromatic heterocycles. The molecule has 92 valence electrons. The van der Waals surface area contributed by atoms with Crippen molar-refractivity contribution in [2.24, 2.45) is 0 Å². The van der Waals surface area contributed by atoms with Gasteiger partial charge in [0.2, 0.25) is 5.91 Å². The number of amides is 3. The standard InChI is InChI=1S/C12H16N2O2S/c1-9-3-5-10(6-4-9)17-8-7-11(15)14-12(16)13-2/h3-6H,7-8H2,1-2H3,(H2,13,14,15,16). The summed E-state index contributed by atoms with van der Waals surface area (Å²) in [4.78, 5) is 23.2. The van der Waals surface area contributed by atoms with Crippen LogP contribution in [0.25, 0.3) is 0 Å². The van der Waals surface area contributed by atoms with E-state index >= 15 is 0 Å². The maximum Gasteiger partial charge on any atom is 0.321 e. The van der Waals surface area contributed by atoms with E-state index in [1.807, 2.05) is 31.2 Å². The predicted octanol–water partition coefficient (Wildman–Crippen LogP) is 1.93. The van der Waals surface area contributed by atoms with Crippen LogP contribution in [-0.4, -0.2) is 24.7 Å². The molecule has 17 heavy (non-hydrogen) atoms. The normalized spacial score (nSPS) is 9.76. The molecule has 0 bridgehead atoms. The minimum Gasteiger partial charge on any atom is -0.341 e. The molecule has 0 radical (unpaired) electrons. The summed E-state index contributed by atoms with van der Waals surface area (Å²) >= 11 is 1.60. The second-order valence-corrected chi connectivity index (χ2v) is 4.71. The van der Waals surface area contributed by atoms with E-state index in [9.17, 15) is 9.59 Å². The van der Waals surface area contributed by atoms with Crippen LogP contribution in [0.3, 0.4) is 0 Å². The number of hydrogen-bond acceptors (Lipinski definition) is 3. The highest BCUT2D eigenvalue weighted by Gasteiger charge is 2.05. The summed E-state index contributed by atoms with van der Waals surface area (Å²) in [5, 5.41) is 4.56. The monoisotopic (exact) mass is 252 g/mol. The number of nitrogens with one attached hydrogen (secondary N) is 2. The van der Waals surface area contributed by atoms with Gasteiger partial charge in [-0.1, -0.05) is 17.7 Å². The summed E-state index contributed by atoms with van der Waals surface area (Å²) in [5.74, 6) is 0.398. The molecule has 1 rings (SSSR count). The Morgan fingerprint density at radius 1 is 1.24 bits per heavy atom. The molecule has 1 aromatic rings. The zero-order chi connectivity index (χ0) is 12.7. The molecule has 0 aliphatic heterocycles. The minimum atomic E-state index is -0.463. The average Bonchev–Trinajstić information content (AvgIpc) is 2.31. The molecular weight excluding hydrogens is 236 g/mol. The van der Waals surface area contributed by atoms with Crippen LogP contribution < -0.4 is 10.6 Å². The fourth-order valence-electron chi connectivity index (χ4n) is 1.15. The quantitative estimate of drug-likeness (QED) is 0.805. The van der Waals surface area contributed by atoms with Crippen LogP contribution in [0.1, 0.15) is 12.0 Å². The number of imide groups is 1. The molecule has 0 aliphatic carbocycles. The number of benzene rings is 1. The summed E-state index contributed by atoms with van der Waals surface area (Å²) in [6.45, 7) is 2.03. The Bertz CT molecular complexity index is 390. The van der Waals surface area contributed by atoms with Crippen LogP contribution in [0.4, 0.5) is 4.79 Å². The fraction of sp³-hybridized carbons (Fsp3) is 0.333. The molecule has 0 unspecified atom stereocenters. The highest BCUT2D eigenvalue weighted by atomic mass is 32.2. The van der Waals surface area contributed by atoms with Crippen molar-refractivity contribution in [3.8, 4) is 0 Å².